The van der Waals surface area contributed by atoms with E-state index in [0.717, 1.165) is 38.2 Å². The highest BCUT2D eigenvalue weighted by molar-refractivity contribution is 5.21. The van der Waals surface area contributed by atoms with Gasteiger partial charge in [-0.1, -0.05) is 13.3 Å². The van der Waals surface area contributed by atoms with E-state index in [0.29, 0.717) is 5.95 Å². The molecule has 0 aromatic carbocycles. The van der Waals surface area contributed by atoms with E-state index in [9.17, 15) is 0 Å². The minimum atomic E-state index is 0.115. The molecule has 3 N–H and O–H groups in total. The average Bonchev–Trinajstić information content (AvgIpc) is 2.77. The molecule has 1 aliphatic heterocycles. The Morgan fingerprint density at radius 2 is 2.40 bits per heavy atom. The van der Waals surface area contributed by atoms with Crippen molar-refractivity contribution in [2.75, 3.05) is 18.8 Å². The highest BCUT2D eigenvalue weighted by Gasteiger charge is 2.38. The first kappa shape index (κ1) is 10.4. The van der Waals surface area contributed by atoms with Crippen LogP contribution in [0.4, 0.5) is 5.95 Å². The molecule has 0 aliphatic carbocycles. The number of aromatic nitrogens is 3. The fourth-order valence-corrected chi connectivity index (χ4v) is 2.36. The maximum absolute atomic E-state index is 5.73. The predicted molar refractivity (Wildman–Crippen MR) is 59.5 cm³/mol. The van der Waals surface area contributed by atoms with E-state index < -0.39 is 0 Å². The Bertz CT molecular complexity index is 318. The van der Waals surface area contributed by atoms with Crippen molar-refractivity contribution in [1.29, 1.82) is 0 Å². The lowest BCUT2D eigenvalue weighted by atomic mass is 9.82. The molecule has 1 atom stereocenters. The summed E-state index contributed by atoms with van der Waals surface area (Å²) in [6.07, 6.45) is 3.40. The third kappa shape index (κ3) is 1.71. The molecule has 5 nitrogen and oxygen atoms in total. The molecule has 5 heteroatoms. The molecule has 2 heterocycles. The van der Waals surface area contributed by atoms with Gasteiger partial charge in [0, 0.05) is 19.0 Å². The quantitative estimate of drug-likeness (QED) is 0.757. The topological polar surface area (TPSA) is 68.8 Å². The fraction of sp³-hybridized carbons (Fsp3) is 0.800. The Hall–Kier alpha value is -1.10. The SMILES string of the molecule is CCCC1(c2nc(N)n(C)n2)CCNC1. The van der Waals surface area contributed by atoms with E-state index >= 15 is 0 Å². The summed E-state index contributed by atoms with van der Waals surface area (Å²) in [6.45, 7) is 4.23. The zero-order chi connectivity index (χ0) is 10.9. The third-order valence-electron chi connectivity index (χ3n) is 3.24. The summed E-state index contributed by atoms with van der Waals surface area (Å²) in [5, 5.41) is 7.82. The molecule has 2 rings (SSSR count). The number of nitrogens with zero attached hydrogens (tertiary/aromatic N) is 3. The van der Waals surface area contributed by atoms with Gasteiger partial charge in [-0.15, -0.1) is 0 Å². The Balaban J connectivity index is 2.31. The molecule has 0 radical (unpaired) electrons. The van der Waals surface area contributed by atoms with Gasteiger partial charge in [0.15, 0.2) is 5.82 Å². The monoisotopic (exact) mass is 209 g/mol. The number of aryl methyl sites for hydroxylation is 1. The molecule has 1 aliphatic rings. The van der Waals surface area contributed by atoms with Crippen LogP contribution in [0.3, 0.4) is 0 Å². The first-order valence-electron chi connectivity index (χ1n) is 5.56. The molecular weight excluding hydrogens is 190 g/mol. The van der Waals surface area contributed by atoms with Gasteiger partial charge in [-0.2, -0.15) is 10.1 Å². The molecule has 1 aromatic heterocycles. The van der Waals surface area contributed by atoms with Crippen molar-refractivity contribution >= 4 is 5.95 Å². The summed E-state index contributed by atoms with van der Waals surface area (Å²) in [4.78, 5) is 4.37. The van der Waals surface area contributed by atoms with E-state index in [-0.39, 0.29) is 5.41 Å². The summed E-state index contributed by atoms with van der Waals surface area (Å²) in [7, 11) is 1.84. The summed E-state index contributed by atoms with van der Waals surface area (Å²) < 4.78 is 1.66. The first-order valence-corrected chi connectivity index (χ1v) is 5.56. The zero-order valence-corrected chi connectivity index (χ0v) is 9.45. The van der Waals surface area contributed by atoms with Crippen LogP contribution in [-0.2, 0) is 12.5 Å². The summed E-state index contributed by atoms with van der Waals surface area (Å²) in [5.74, 6) is 1.42. The lowest BCUT2D eigenvalue weighted by Crippen LogP contribution is -2.30. The van der Waals surface area contributed by atoms with Crippen molar-refractivity contribution < 1.29 is 0 Å². The molecule has 1 aromatic rings. The molecule has 1 unspecified atom stereocenters. The molecule has 0 bridgehead atoms. The van der Waals surface area contributed by atoms with Crippen molar-refractivity contribution in [2.45, 2.75) is 31.6 Å². The van der Waals surface area contributed by atoms with Crippen molar-refractivity contribution in [1.82, 2.24) is 20.1 Å². The van der Waals surface area contributed by atoms with Crippen LogP contribution in [0.2, 0.25) is 0 Å². The molecule has 1 fully saturated rings. The van der Waals surface area contributed by atoms with Crippen LogP contribution < -0.4 is 11.1 Å². The number of nitrogens with two attached hydrogens (primary N) is 1. The van der Waals surface area contributed by atoms with Gasteiger partial charge in [0.1, 0.15) is 0 Å². The lowest BCUT2D eigenvalue weighted by Gasteiger charge is -2.23. The van der Waals surface area contributed by atoms with Gasteiger partial charge >= 0.3 is 0 Å². The number of rotatable bonds is 3. The first-order chi connectivity index (χ1) is 7.18. The molecule has 0 saturated carbocycles. The molecule has 0 amide bonds. The van der Waals surface area contributed by atoms with Crippen LogP contribution in [0.15, 0.2) is 0 Å². The summed E-state index contributed by atoms with van der Waals surface area (Å²) in [6, 6.07) is 0. The van der Waals surface area contributed by atoms with Gasteiger partial charge in [0.25, 0.3) is 0 Å². The highest BCUT2D eigenvalue weighted by Crippen LogP contribution is 2.33. The van der Waals surface area contributed by atoms with Crippen molar-refractivity contribution in [2.24, 2.45) is 7.05 Å². The lowest BCUT2D eigenvalue weighted by molar-refractivity contribution is 0.400. The van der Waals surface area contributed by atoms with E-state index in [1.807, 2.05) is 7.05 Å². The Kier molecular flexibility index (Phi) is 2.65. The normalized spacial score (nSPS) is 26.0. The van der Waals surface area contributed by atoms with Crippen LogP contribution in [-0.4, -0.2) is 27.9 Å². The predicted octanol–water partition coefficient (Wildman–Crippen LogP) is 0.428. The second kappa shape index (κ2) is 3.81. The molecule has 0 spiro atoms. The van der Waals surface area contributed by atoms with Gasteiger partial charge in [0.2, 0.25) is 5.95 Å². The second-order valence-corrected chi connectivity index (χ2v) is 4.37. The van der Waals surface area contributed by atoms with E-state index in [1.54, 1.807) is 4.68 Å². The van der Waals surface area contributed by atoms with E-state index in [4.69, 9.17) is 5.73 Å². The number of nitrogens with one attached hydrogen (secondary N) is 1. The Labute approximate surface area is 90.1 Å². The van der Waals surface area contributed by atoms with Crippen molar-refractivity contribution in [3.63, 3.8) is 0 Å². The summed E-state index contributed by atoms with van der Waals surface area (Å²) >= 11 is 0. The van der Waals surface area contributed by atoms with Crippen LogP contribution in [0, 0.1) is 0 Å². The van der Waals surface area contributed by atoms with Crippen LogP contribution in [0.25, 0.3) is 0 Å². The Morgan fingerprint density at radius 1 is 1.60 bits per heavy atom. The van der Waals surface area contributed by atoms with Gasteiger partial charge < -0.3 is 11.1 Å². The fourth-order valence-electron chi connectivity index (χ4n) is 2.36. The minimum Gasteiger partial charge on any atom is -0.368 e. The van der Waals surface area contributed by atoms with Crippen LogP contribution in [0.1, 0.15) is 32.0 Å². The molecular formula is C10H19N5. The van der Waals surface area contributed by atoms with Crippen molar-refractivity contribution in [3.8, 4) is 0 Å². The van der Waals surface area contributed by atoms with Crippen molar-refractivity contribution in [3.05, 3.63) is 5.82 Å². The zero-order valence-electron chi connectivity index (χ0n) is 9.45. The maximum Gasteiger partial charge on any atom is 0.218 e. The smallest absolute Gasteiger partial charge is 0.218 e. The van der Waals surface area contributed by atoms with Gasteiger partial charge in [-0.05, 0) is 19.4 Å². The van der Waals surface area contributed by atoms with Crippen LogP contribution in [0.5, 0.6) is 0 Å². The number of anilines is 1. The molecule has 84 valence electrons. The third-order valence-corrected chi connectivity index (χ3v) is 3.24. The van der Waals surface area contributed by atoms with Crippen LogP contribution >= 0.6 is 0 Å². The molecule has 1 saturated heterocycles. The second-order valence-electron chi connectivity index (χ2n) is 4.37. The van der Waals surface area contributed by atoms with E-state index in [1.165, 1.54) is 0 Å². The highest BCUT2D eigenvalue weighted by atomic mass is 15.4. The van der Waals surface area contributed by atoms with Gasteiger partial charge in [0.05, 0.1) is 0 Å². The Morgan fingerprint density at radius 3 is 2.87 bits per heavy atom. The summed E-state index contributed by atoms with van der Waals surface area (Å²) in [5.41, 5.74) is 5.85. The van der Waals surface area contributed by atoms with E-state index in [2.05, 4.69) is 22.3 Å². The number of hydrogen-bond donors (Lipinski definition) is 2. The standard InChI is InChI=1S/C10H19N5/c1-3-4-10(5-6-12-7-10)8-13-9(11)15(2)14-8/h12H,3-7H2,1-2H3,(H2,11,13,14). The maximum atomic E-state index is 5.73. The average molecular weight is 209 g/mol. The number of hydrogen-bond acceptors (Lipinski definition) is 4. The number of nitrogen functional groups attached to an aromatic ring is 1. The largest absolute Gasteiger partial charge is 0.368 e. The van der Waals surface area contributed by atoms with Gasteiger partial charge in [-0.25, -0.2) is 4.68 Å². The molecule has 15 heavy (non-hydrogen) atoms. The minimum absolute atomic E-state index is 0.115. The van der Waals surface area contributed by atoms with Gasteiger partial charge in [-0.3, -0.25) is 0 Å².